The van der Waals surface area contributed by atoms with Gasteiger partial charge < -0.3 is 15.8 Å². The summed E-state index contributed by atoms with van der Waals surface area (Å²) in [6, 6.07) is 6.33. The Hall–Kier alpha value is -1.38. The Morgan fingerprint density at radius 3 is 2.71 bits per heavy atom. The fraction of sp³-hybridized carbons (Fsp3) is 0.571. The van der Waals surface area contributed by atoms with Crippen molar-refractivity contribution in [2.24, 2.45) is 0 Å². The zero-order valence-corrected chi connectivity index (χ0v) is 11.1. The highest BCUT2D eigenvalue weighted by molar-refractivity contribution is 5.73. The second-order valence-electron chi connectivity index (χ2n) is 4.40. The summed E-state index contributed by atoms with van der Waals surface area (Å²) in [6.45, 7) is 7.14. The van der Waals surface area contributed by atoms with Crippen LogP contribution in [0, 0.1) is 0 Å². The molecule has 1 aromatic rings. The summed E-state index contributed by atoms with van der Waals surface area (Å²) in [6.07, 6.45) is 3.29. The molecule has 1 rings (SSSR count). The number of benzene rings is 1. The van der Waals surface area contributed by atoms with Gasteiger partial charge in [0.25, 0.3) is 0 Å². The molecule has 96 valence electrons. The Balaban J connectivity index is 2.72. The first kappa shape index (κ1) is 13.7. The Morgan fingerprint density at radius 2 is 2.06 bits per heavy atom. The third-order valence-corrected chi connectivity index (χ3v) is 2.65. The maximum Gasteiger partial charge on any atom is 0.144 e. The molecule has 0 saturated carbocycles. The average molecular weight is 236 g/mol. The summed E-state index contributed by atoms with van der Waals surface area (Å²) in [5, 5.41) is 3.42. The molecule has 3 heteroatoms. The van der Waals surface area contributed by atoms with Crippen molar-refractivity contribution >= 4 is 11.4 Å². The number of nitrogen functional groups attached to an aromatic ring is 1. The highest BCUT2D eigenvalue weighted by atomic mass is 16.5. The van der Waals surface area contributed by atoms with Gasteiger partial charge in [0, 0.05) is 6.04 Å². The summed E-state index contributed by atoms with van der Waals surface area (Å²) in [5.41, 5.74) is 7.76. The Labute approximate surface area is 104 Å². The molecule has 0 aliphatic heterocycles. The van der Waals surface area contributed by atoms with E-state index in [0.29, 0.717) is 18.3 Å². The van der Waals surface area contributed by atoms with Gasteiger partial charge in [0.2, 0.25) is 0 Å². The first-order valence-electron chi connectivity index (χ1n) is 6.46. The zero-order valence-electron chi connectivity index (χ0n) is 11.1. The van der Waals surface area contributed by atoms with Crippen LogP contribution in [0.5, 0.6) is 5.75 Å². The molecule has 0 heterocycles. The number of para-hydroxylation sites is 1. The zero-order chi connectivity index (χ0) is 12.7. The number of hydrogen-bond donors (Lipinski definition) is 2. The SMILES string of the molecule is CCCOc1cccc(NC(C)CCC)c1N. The van der Waals surface area contributed by atoms with E-state index in [1.54, 1.807) is 0 Å². The van der Waals surface area contributed by atoms with Gasteiger partial charge in [0.05, 0.1) is 18.0 Å². The van der Waals surface area contributed by atoms with Crippen molar-refractivity contribution in [3.63, 3.8) is 0 Å². The van der Waals surface area contributed by atoms with Crippen molar-refractivity contribution in [2.75, 3.05) is 17.7 Å². The first-order valence-corrected chi connectivity index (χ1v) is 6.46. The summed E-state index contributed by atoms with van der Waals surface area (Å²) in [7, 11) is 0. The van der Waals surface area contributed by atoms with Crippen LogP contribution >= 0.6 is 0 Å². The molecular weight excluding hydrogens is 212 g/mol. The lowest BCUT2D eigenvalue weighted by molar-refractivity contribution is 0.319. The fourth-order valence-corrected chi connectivity index (χ4v) is 1.78. The number of nitrogens with two attached hydrogens (primary N) is 1. The van der Waals surface area contributed by atoms with Crippen LogP contribution in [0.15, 0.2) is 18.2 Å². The molecule has 0 amide bonds. The normalized spacial score (nSPS) is 12.2. The Morgan fingerprint density at radius 1 is 1.29 bits per heavy atom. The van der Waals surface area contributed by atoms with E-state index in [-0.39, 0.29) is 0 Å². The van der Waals surface area contributed by atoms with Gasteiger partial charge in [-0.25, -0.2) is 0 Å². The third-order valence-electron chi connectivity index (χ3n) is 2.65. The predicted octanol–water partition coefficient (Wildman–Crippen LogP) is 3.66. The molecule has 1 aromatic carbocycles. The van der Waals surface area contributed by atoms with Crippen molar-refractivity contribution in [1.82, 2.24) is 0 Å². The largest absolute Gasteiger partial charge is 0.491 e. The van der Waals surface area contributed by atoms with Gasteiger partial charge in [-0.05, 0) is 31.9 Å². The molecule has 0 aliphatic carbocycles. The van der Waals surface area contributed by atoms with Gasteiger partial charge in [-0.2, -0.15) is 0 Å². The highest BCUT2D eigenvalue weighted by Crippen LogP contribution is 2.30. The van der Waals surface area contributed by atoms with Crippen LogP contribution in [0.2, 0.25) is 0 Å². The van der Waals surface area contributed by atoms with Gasteiger partial charge in [-0.3, -0.25) is 0 Å². The van der Waals surface area contributed by atoms with E-state index in [2.05, 4.69) is 26.1 Å². The Kier molecular flexibility index (Phi) is 5.67. The van der Waals surface area contributed by atoms with Crippen LogP contribution in [0.1, 0.15) is 40.0 Å². The van der Waals surface area contributed by atoms with E-state index in [1.807, 2.05) is 18.2 Å². The van der Waals surface area contributed by atoms with Crippen LogP contribution in [0.3, 0.4) is 0 Å². The van der Waals surface area contributed by atoms with Crippen molar-refractivity contribution < 1.29 is 4.74 Å². The van der Waals surface area contributed by atoms with Gasteiger partial charge in [0.1, 0.15) is 5.75 Å². The molecule has 1 unspecified atom stereocenters. The second-order valence-corrected chi connectivity index (χ2v) is 4.40. The van der Waals surface area contributed by atoms with Crippen LogP contribution in [-0.4, -0.2) is 12.6 Å². The summed E-state index contributed by atoms with van der Waals surface area (Å²) < 4.78 is 5.60. The van der Waals surface area contributed by atoms with Crippen molar-refractivity contribution in [2.45, 2.75) is 46.1 Å². The monoisotopic (exact) mass is 236 g/mol. The number of nitrogens with one attached hydrogen (secondary N) is 1. The van der Waals surface area contributed by atoms with Gasteiger partial charge in [-0.1, -0.05) is 26.3 Å². The lowest BCUT2D eigenvalue weighted by Crippen LogP contribution is -2.16. The summed E-state index contributed by atoms with van der Waals surface area (Å²) in [4.78, 5) is 0. The molecule has 0 aliphatic rings. The second kappa shape index (κ2) is 7.05. The predicted molar refractivity (Wildman–Crippen MR) is 74.6 cm³/mol. The number of ether oxygens (including phenoxy) is 1. The van der Waals surface area contributed by atoms with Crippen LogP contribution in [0.25, 0.3) is 0 Å². The van der Waals surface area contributed by atoms with Crippen LogP contribution < -0.4 is 15.8 Å². The van der Waals surface area contributed by atoms with E-state index in [4.69, 9.17) is 10.5 Å². The molecule has 0 aromatic heterocycles. The number of rotatable bonds is 7. The van der Waals surface area contributed by atoms with E-state index < -0.39 is 0 Å². The lowest BCUT2D eigenvalue weighted by Gasteiger charge is -2.18. The molecule has 3 nitrogen and oxygen atoms in total. The minimum Gasteiger partial charge on any atom is -0.491 e. The number of hydrogen-bond acceptors (Lipinski definition) is 3. The third kappa shape index (κ3) is 4.17. The first-order chi connectivity index (χ1) is 8.19. The molecule has 0 radical (unpaired) electrons. The smallest absolute Gasteiger partial charge is 0.144 e. The minimum atomic E-state index is 0.434. The van der Waals surface area contributed by atoms with E-state index in [0.717, 1.165) is 24.3 Å². The quantitative estimate of drug-likeness (QED) is 0.710. The van der Waals surface area contributed by atoms with Crippen LogP contribution in [-0.2, 0) is 0 Å². The fourth-order valence-electron chi connectivity index (χ4n) is 1.78. The molecule has 0 spiro atoms. The Bertz CT molecular complexity index is 339. The number of anilines is 2. The van der Waals surface area contributed by atoms with Crippen molar-refractivity contribution in [1.29, 1.82) is 0 Å². The van der Waals surface area contributed by atoms with Crippen LogP contribution in [0.4, 0.5) is 11.4 Å². The lowest BCUT2D eigenvalue weighted by atomic mass is 10.1. The van der Waals surface area contributed by atoms with Gasteiger partial charge in [0.15, 0.2) is 0 Å². The molecule has 3 N–H and O–H groups in total. The van der Waals surface area contributed by atoms with Crippen molar-refractivity contribution in [3.05, 3.63) is 18.2 Å². The van der Waals surface area contributed by atoms with E-state index >= 15 is 0 Å². The summed E-state index contributed by atoms with van der Waals surface area (Å²) in [5.74, 6) is 0.778. The highest BCUT2D eigenvalue weighted by Gasteiger charge is 2.08. The summed E-state index contributed by atoms with van der Waals surface area (Å²) >= 11 is 0. The molecular formula is C14H24N2O. The maximum absolute atomic E-state index is 6.08. The average Bonchev–Trinajstić information content (AvgIpc) is 2.30. The molecule has 0 bridgehead atoms. The molecule has 1 atom stereocenters. The molecule has 17 heavy (non-hydrogen) atoms. The minimum absolute atomic E-state index is 0.434. The molecule has 0 saturated heterocycles. The standard InChI is InChI=1S/C14H24N2O/c1-4-7-11(3)16-12-8-6-9-13(14(12)15)17-10-5-2/h6,8-9,11,16H,4-5,7,10,15H2,1-3H3. The maximum atomic E-state index is 6.08. The van der Waals surface area contributed by atoms with E-state index in [1.165, 1.54) is 6.42 Å². The van der Waals surface area contributed by atoms with E-state index in [9.17, 15) is 0 Å². The molecule has 0 fully saturated rings. The van der Waals surface area contributed by atoms with Gasteiger partial charge >= 0.3 is 0 Å². The van der Waals surface area contributed by atoms with Gasteiger partial charge in [-0.15, -0.1) is 0 Å². The topological polar surface area (TPSA) is 47.3 Å². The van der Waals surface area contributed by atoms with Crippen molar-refractivity contribution in [3.8, 4) is 5.75 Å².